The molecule has 0 aliphatic rings. The van der Waals surface area contributed by atoms with Crippen LogP contribution in [0, 0.1) is 0 Å². The molecule has 0 radical (unpaired) electrons. The number of halogens is 1. The predicted octanol–water partition coefficient (Wildman–Crippen LogP) is 2.47. The Morgan fingerprint density at radius 3 is 2.83 bits per heavy atom. The number of aryl methyl sites for hydroxylation is 2. The summed E-state index contributed by atoms with van der Waals surface area (Å²) in [5, 5.41) is 7.60. The van der Waals surface area contributed by atoms with E-state index in [1.807, 2.05) is 37.2 Å². The van der Waals surface area contributed by atoms with Gasteiger partial charge in [-0.3, -0.25) is 9.67 Å². The van der Waals surface area contributed by atoms with Crippen LogP contribution in [0.1, 0.15) is 23.7 Å². The van der Waals surface area contributed by atoms with E-state index in [0.717, 1.165) is 17.3 Å². The van der Waals surface area contributed by atoms with Crippen molar-refractivity contribution in [2.45, 2.75) is 18.9 Å². The molecule has 0 aliphatic carbocycles. The Balaban J connectivity index is 2.07. The van der Waals surface area contributed by atoms with Crippen LogP contribution in [0.25, 0.3) is 0 Å². The van der Waals surface area contributed by atoms with E-state index in [1.54, 1.807) is 6.20 Å². The smallest absolute Gasteiger partial charge is 0.0692 e. The zero-order valence-corrected chi connectivity index (χ0v) is 12.2. The van der Waals surface area contributed by atoms with Crippen molar-refractivity contribution in [1.29, 1.82) is 0 Å². The van der Waals surface area contributed by atoms with Crippen molar-refractivity contribution in [3.05, 3.63) is 46.5 Å². The van der Waals surface area contributed by atoms with E-state index in [9.17, 15) is 0 Å². The molecule has 4 nitrogen and oxygen atoms in total. The van der Waals surface area contributed by atoms with Crippen molar-refractivity contribution >= 4 is 15.9 Å². The fourth-order valence-corrected chi connectivity index (χ4v) is 2.71. The van der Waals surface area contributed by atoms with Gasteiger partial charge in [-0.2, -0.15) is 5.10 Å². The summed E-state index contributed by atoms with van der Waals surface area (Å²) in [5.74, 6) is 0. The zero-order chi connectivity index (χ0) is 13.0. The maximum absolute atomic E-state index is 4.26. The first kappa shape index (κ1) is 13.2. The summed E-state index contributed by atoms with van der Waals surface area (Å²) in [7, 11) is 3.95. The molecular weight excluding hydrogens is 292 g/mol. The van der Waals surface area contributed by atoms with Gasteiger partial charge in [0.25, 0.3) is 0 Å². The van der Waals surface area contributed by atoms with Crippen LogP contribution in [0.2, 0.25) is 0 Å². The lowest BCUT2D eigenvalue weighted by atomic mass is 10.0. The monoisotopic (exact) mass is 308 g/mol. The summed E-state index contributed by atoms with van der Waals surface area (Å²) < 4.78 is 2.96. The molecule has 2 aromatic rings. The van der Waals surface area contributed by atoms with Gasteiger partial charge < -0.3 is 5.32 Å². The average Bonchev–Trinajstić information content (AvgIpc) is 2.73. The van der Waals surface area contributed by atoms with Crippen LogP contribution in [0.15, 0.2) is 35.2 Å². The molecule has 0 amide bonds. The normalized spacial score (nSPS) is 12.6. The number of rotatable bonds is 5. The molecule has 0 aromatic carbocycles. The summed E-state index contributed by atoms with van der Waals surface area (Å²) in [4.78, 5) is 4.14. The van der Waals surface area contributed by atoms with Crippen molar-refractivity contribution in [1.82, 2.24) is 20.1 Å². The largest absolute Gasteiger partial charge is 0.312 e. The van der Waals surface area contributed by atoms with Gasteiger partial charge >= 0.3 is 0 Å². The number of pyridine rings is 1. The minimum atomic E-state index is 0.284. The number of nitrogens with zero attached hydrogens (tertiary/aromatic N) is 3. The van der Waals surface area contributed by atoms with Crippen LogP contribution in [0.5, 0.6) is 0 Å². The lowest BCUT2D eigenvalue weighted by molar-refractivity contribution is 0.504. The second-order valence-corrected chi connectivity index (χ2v) is 5.10. The molecule has 2 rings (SSSR count). The second kappa shape index (κ2) is 6.11. The summed E-state index contributed by atoms with van der Waals surface area (Å²) in [6.45, 7) is 0. The highest BCUT2D eigenvalue weighted by molar-refractivity contribution is 9.10. The Bertz CT molecular complexity index is 475. The molecule has 96 valence electrons. The molecule has 2 heterocycles. The van der Waals surface area contributed by atoms with Crippen LogP contribution in [-0.4, -0.2) is 21.8 Å². The van der Waals surface area contributed by atoms with E-state index in [2.05, 4.69) is 37.4 Å². The summed E-state index contributed by atoms with van der Waals surface area (Å²) >= 11 is 3.55. The van der Waals surface area contributed by atoms with E-state index < -0.39 is 0 Å². The van der Waals surface area contributed by atoms with Gasteiger partial charge in [-0.15, -0.1) is 0 Å². The van der Waals surface area contributed by atoms with Crippen molar-refractivity contribution < 1.29 is 0 Å². The highest BCUT2D eigenvalue weighted by Gasteiger charge is 2.16. The van der Waals surface area contributed by atoms with E-state index in [0.29, 0.717) is 0 Å². The molecule has 5 heteroatoms. The SMILES string of the molecule is CNC(CCc1cccnc1)c1c(Br)cnn1C. The number of hydrogen-bond acceptors (Lipinski definition) is 3. The van der Waals surface area contributed by atoms with E-state index in [4.69, 9.17) is 0 Å². The van der Waals surface area contributed by atoms with Gasteiger partial charge in [0.2, 0.25) is 0 Å². The van der Waals surface area contributed by atoms with Crippen LogP contribution < -0.4 is 5.32 Å². The van der Waals surface area contributed by atoms with Gasteiger partial charge in [0.05, 0.1) is 22.4 Å². The van der Waals surface area contributed by atoms with E-state index in [1.165, 1.54) is 11.3 Å². The fourth-order valence-electron chi connectivity index (χ4n) is 2.09. The molecule has 0 aliphatic heterocycles. The van der Waals surface area contributed by atoms with Crippen molar-refractivity contribution in [2.75, 3.05) is 7.05 Å². The third kappa shape index (κ3) is 2.97. The molecule has 0 saturated carbocycles. The molecular formula is C13H17BrN4. The Morgan fingerprint density at radius 1 is 1.44 bits per heavy atom. The van der Waals surface area contributed by atoms with Crippen LogP contribution in [-0.2, 0) is 13.5 Å². The summed E-state index contributed by atoms with van der Waals surface area (Å²) in [5.41, 5.74) is 2.44. The standard InChI is InChI=1S/C13H17BrN4/c1-15-12(13-11(14)9-17-18(13)2)6-5-10-4-3-7-16-8-10/h3-4,7-9,12,15H,5-6H2,1-2H3. The minimum Gasteiger partial charge on any atom is -0.312 e. The first-order valence-corrected chi connectivity index (χ1v) is 6.75. The highest BCUT2D eigenvalue weighted by atomic mass is 79.9. The van der Waals surface area contributed by atoms with Crippen LogP contribution in [0.3, 0.4) is 0 Å². The zero-order valence-electron chi connectivity index (χ0n) is 10.6. The Kier molecular flexibility index (Phi) is 4.49. The van der Waals surface area contributed by atoms with E-state index >= 15 is 0 Å². The minimum absolute atomic E-state index is 0.284. The molecule has 1 unspecified atom stereocenters. The van der Waals surface area contributed by atoms with Crippen molar-refractivity contribution in [3.63, 3.8) is 0 Å². The third-order valence-electron chi connectivity index (χ3n) is 3.06. The Labute approximate surface area is 116 Å². The second-order valence-electron chi connectivity index (χ2n) is 4.24. The average molecular weight is 309 g/mol. The van der Waals surface area contributed by atoms with Crippen molar-refractivity contribution in [2.24, 2.45) is 7.05 Å². The topological polar surface area (TPSA) is 42.7 Å². The van der Waals surface area contributed by atoms with Crippen LogP contribution >= 0.6 is 15.9 Å². The maximum Gasteiger partial charge on any atom is 0.0692 e. The molecule has 0 saturated heterocycles. The molecule has 0 spiro atoms. The van der Waals surface area contributed by atoms with Gasteiger partial charge in [0.15, 0.2) is 0 Å². The fraction of sp³-hybridized carbons (Fsp3) is 0.385. The first-order valence-electron chi connectivity index (χ1n) is 5.96. The van der Waals surface area contributed by atoms with Crippen molar-refractivity contribution in [3.8, 4) is 0 Å². The summed E-state index contributed by atoms with van der Waals surface area (Å²) in [6, 6.07) is 4.37. The van der Waals surface area contributed by atoms with Gasteiger partial charge in [-0.1, -0.05) is 6.07 Å². The molecule has 0 fully saturated rings. The molecule has 1 N–H and O–H groups in total. The first-order chi connectivity index (χ1) is 8.72. The Hall–Kier alpha value is -1.20. The molecule has 2 aromatic heterocycles. The highest BCUT2D eigenvalue weighted by Crippen LogP contribution is 2.25. The lowest BCUT2D eigenvalue weighted by Crippen LogP contribution is -2.20. The maximum atomic E-state index is 4.26. The molecule has 18 heavy (non-hydrogen) atoms. The van der Waals surface area contributed by atoms with Gasteiger partial charge in [-0.05, 0) is 47.4 Å². The van der Waals surface area contributed by atoms with Gasteiger partial charge in [0, 0.05) is 19.4 Å². The Morgan fingerprint density at radius 2 is 2.28 bits per heavy atom. The van der Waals surface area contributed by atoms with Gasteiger partial charge in [-0.25, -0.2) is 0 Å². The number of hydrogen-bond donors (Lipinski definition) is 1. The van der Waals surface area contributed by atoms with Crippen LogP contribution in [0.4, 0.5) is 0 Å². The number of nitrogens with one attached hydrogen (secondary N) is 1. The summed E-state index contributed by atoms with van der Waals surface area (Å²) in [6.07, 6.45) is 7.57. The quantitative estimate of drug-likeness (QED) is 0.922. The molecule has 0 bridgehead atoms. The third-order valence-corrected chi connectivity index (χ3v) is 3.67. The number of aromatic nitrogens is 3. The molecule has 1 atom stereocenters. The van der Waals surface area contributed by atoms with Gasteiger partial charge in [0.1, 0.15) is 0 Å². The van der Waals surface area contributed by atoms with E-state index in [-0.39, 0.29) is 6.04 Å². The predicted molar refractivity (Wildman–Crippen MR) is 75.3 cm³/mol. The lowest BCUT2D eigenvalue weighted by Gasteiger charge is -2.17.